The Morgan fingerprint density at radius 2 is 0.875 bits per heavy atom. The van der Waals surface area contributed by atoms with Crippen LogP contribution in [0.15, 0.2) is 45.4 Å². The number of ether oxygens (including phenoxy) is 6. The summed E-state index contributed by atoms with van der Waals surface area (Å²) < 4.78 is 47.8. The predicted octanol–water partition coefficient (Wildman–Crippen LogP) is 10.8. The minimum Gasteiger partial charge on any atom is -0.373 e. The molecule has 6 atom stereocenters. The van der Waals surface area contributed by atoms with Gasteiger partial charge in [-0.2, -0.15) is 0 Å². The van der Waals surface area contributed by atoms with Crippen LogP contribution in [-0.2, 0) is 41.6 Å². The van der Waals surface area contributed by atoms with Gasteiger partial charge >= 0.3 is 0 Å². The van der Waals surface area contributed by atoms with E-state index in [2.05, 4.69) is 10.3 Å². The van der Waals surface area contributed by atoms with Gasteiger partial charge in [-0.3, -0.25) is 0 Å². The Morgan fingerprint density at radius 3 is 1.20 bits per heavy atom. The average Bonchev–Trinajstić information content (AvgIpc) is 4.04. The van der Waals surface area contributed by atoms with Crippen LogP contribution >= 0.6 is 46.4 Å². The third-order valence-electron chi connectivity index (χ3n) is 13.0. The van der Waals surface area contributed by atoms with Crippen molar-refractivity contribution in [3.05, 3.63) is 79.1 Å². The Bertz CT molecular complexity index is 1830. The van der Waals surface area contributed by atoms with Crippen LogP contribution in [-0.4, -0.2) is 60.5 Å². The Kier molecular flexibility index (Phi) is 11.3. The van der Waals surface area contributed by atoms with Crippen molar-refractivity contribution in [2.75, 3.05) is 26.4 Å². The van der Waals surface area contributed by atoms with Crippen molar-refractivity contribution in [1.29, 1.82) is 0 Å². The standard InChI is InChI=1S/2C21H23Cl2NO4/c2*1-12-16(20(24-28-12)19-17(22)3-2-4-18(19)23)11-25-15-9-13-5-6-14(10-15)21(13)26-7-8-27-21/h2*2-4,13-15H,5-11H2,1H3/t2*13-,14+,15?. The molecule has 0 N–H and O–H groups in total. The van der Waals surface area contributed by atoms with Crippen molar-refractivity contribution in [2.45, 2.75) is 102 Å². The minimum absolute atomic E-state index is 0.180. The molecular formula is C42H46Cl4N2O8. The highest BCUT2D eigenvalue weighted by molar-refractivity contribution is 6.39. The highest BCUT2D eigenvalue weighted by atomic mass is 35.5. The molecule has 2 unspecified atom stereocenters. The van der Waals surface area contributed by atoms with Gasteiger partial charge in [-0.15, -0.1) is 0 Å². The molecular weight excluding hydrogens is 802 g/mol. The average molecular weight is 849 g/mol. The normalized spacial score (nSPS) is 28.3. The summed E-state index contributed by atoms with van der Waals surface area (Å²) in [6, 6.07) is 10.8. The molecule has 2 aromatic carbocycles. The van der Waals surface area contributed by atoms with E-state index in [9.17, 15) is 0 Å². The van der Waals surface area contributed by atoms with Gasteiger partial charge in [-0.05, 0) is 89.5 Å². The van der Waals surface area contributed by atoms with Gasteiger partial charge in [0.25, 0.3) is 0 Å². The molecule has 2 aliphatic heterocycles. The molecule has 10 rings (SSSR count). The van der Waals surface area contributed by atoms with Crippen molar-refractivity contribution in [3.63, 3.8) is 0 Å². The molecule has 300 valence electrons. The lowest BCUT2D eigenvalue weighted by Gasteiger charge is -2.41. The first-order valence-electron chi connectivity index (χ1n) is 19.7. The maximum absolute atomic E-state index is 6.38. The fourth-order valence-electron chi connectivity index (χ4n) is 10.3. The number of aromatic nitrogens is 2. The second kappa shape index (κ2) is 16.1. The summed E-state index contributed by atoms with van der Waals surface area (Å²) >= 11 is 25.5. The van der Waals surface area contributed by atoms with E-state index in [-0.39, 0.29) is 23.8 Å². The third kappa shape index (κ3) is 7.03. The molecule has 2 spiro atoms. The van der Waals surface area contributed by atoms with Crippen LogP contribution in [0, 0.1) is 37.5 Å². The molecule has 10 nitrogen and oxygen atoms in total. The smallest absolute Gasteiger partial charge is 0.174 e. The second-order valence-corrected chi connectivity index (χ2v) is 17.5. The highest BCUT2D eigenvalue weighted by Gasteiger charge is 2.59. The van der Waals surface area contributed by atoms with E-state index in [1.807, 2.05) is 26.0 Å². The molecule has 4 aromatic rings. The summed E-state index contributed by atoms with van der Waals surface area (Å²) in [7, 11) is 0. The molecule has 2 aromatic heterocycles. The van der Waals surface area contributed by atoms with Gasteiger partial charge in [0.05, 0.1) is 71.9 Å². The van der Waals surface area contributed by atoms with Gasteiger partial charge < -0.3 is 37.5 Å². The number of nitrogens with zero attached hydrogens (tertiary/aromatic N) is 2. The summed E-state index contributed by atoms with van der Waals surface area (Å²) in [5.41, 5.74) is 4.50. The number of hydrogen-bond donors (Lipinski definition) is 0. The molecule has 0 amide bonds. The molecule has 2 saturated heterocycles. The van der Waals surface area contributed by atoms with Crippen molar-refractivity contribution < 1.29 is 37.5 Å². The van der Waals surface area contributed by atoms with E-state index in [4.69, 9.17) is 83.9 Å². The topological polar surface area (TPSA) is 107 Å². The molecule has 6 fully saturated rings. The molecule has 4 saturated carbocycles. The van der Waals surface area contributed by atoms with Crippen molar-refractivity contribution in [1.82, 2.24) is 10.3 Å². The summed E-state index contributed by atoms with van der Waals surface area (Å²) in [4.78, 5) is 0. The van der Waals surface area contributed by atoms with E-state index >= 15 is 0 Å². The van der Waals surface area contributed by atoms with Crippen LogP contribution in [0.4, 0.5) is 0 Å². The molecule has 4 bridgehead atoms. The summed E-state index contributed by atoms with van der Waals surface area (Å²) in [6.45, 7) is 7.46. The summed E-state index contributed by atoms with van der Waals surface area (Å²) in [6.07, 6.45) is 8.81. The molecule has 6 aliphatic rings. The minimum atomic E-state index is -0.344. The van der Waals surface area contributed by atoms with Gasteiger partial charge in [0.2, 0.25) is 0 Å². The van der Waals surface area contributed by atoms with Crippen LogP contribution < -0.4 is 0 Å². The lowest BCUT2D eigenvalue weighted by Crippen LogP contribution is -2.47. The molecule has 14 heteroatoms. The Hall–Kier alpha value is -2.22. The fraction of sp³-hybridized carbons (Fsp3) is 0.571. The first-order valence-corrected chi connectivity index (χ1v) is 21.3. The van der Waals surface area contributed by atoms with E-state index < -0.39 is 0 Å². The van der Waals surface area contributed by atoms with Gasteiger partial charge in [-0.1, -0.05) is 68.8 Å². The summed E-state index contributed by atoms with van der Waals surface area (Å²) in [5.74, 6) is 2.43. The largest absolute Gasteiger partial charge is 0.373 e. The van der Waals surface area contributed by atoms with E-state index in [1.54, 1.807) is 24.3 Å². The monoisotopic (exact) mass is 846 g/mol. The lowest BCUT2D eigenvalue weighted by molar-refractivity contribution is -0.238. The summed E-state index contributed by atoms with van der Waals surface area (Å²) in [5, 5.41) is 10.6. The van der Waals surface area contributed by atoms with Crippen molar-refractivity contribution >= 4 is 46.4 Å². The Morgan fingerprint density at radius 1 is 0.554 bits per heavy atom. The Balaban J connectivity index is 0.000000146. The van der Waals surface area contributed by atoms with E-state index in [0.29, 0.717) is 106 Å². The van der Waals surface area contributed by atoms with E-state index in [1.165, 1.54) is 0 Å². The van der Waals surface area contributed by atoms with Crippen LogP contribution in [0.5, 0.6) is 0 Å². The van der Waals surface area contributed by atoms with Gasteiger partial charge in [-0.25, -0.2) is 0 Å². The SMILES string of the molecule is Cc1onc(-c2c(Cl)cccc2Cl)c1COC1C[C@H]2CC[C@@H](C1)C21OCCO1.Cc1onc(-c2c(Cl)cccc2Cl)c1COC1C[C@H]2CC[C@@H](C1)C21OCCO1. The molecule has 56 heavy (non-hydrogen) atoms. The third-order valence-corrected chi connectivity index (χ3v) is 14.2. The van der Waals surface area contributed by atoms with Gasteiger partial charge in [0, 0.05) is 45.9 Å². The van der Waals surface area contributed by atoms with E-state index in [0.717, 1.165) is 74.0 Å². The highest BCUT2D eigenvalue weighted by Crippen LogP contribution is 2.56. The molecule has 4 aliphatic carbocycles. The second-order valence-electron chi connectivity index (χ2n) is 15.9. The first kappa shape index (κ1) is 39.3. The Labute approximate surface area is 346 Å². The van der Waals surface area contributed by atoms with Crippen molar-refractivity contribution in [2.24, 2.45) is 23.7 Å². The zero-order valence-electron chi connectivity index (χ0n) is 31.5. The van der Waals surface area contributed by atoms with Crippen LogP contribution in [0.2, 0.25) is 20.1 Å². The van der Waals surface area contributed by atoms with Gasteiger partial charge in [0.15, 0.2) is 11.6 Å². The number of aryl methyl sites for hydroxylation is 2. The maximum atomic E-state index is 6.38. The molecule has 4 heterocycles. The molecule has 0 radical (unpaired) electrons. The number of hydrogen-bond acceptors (Lipinski definition) is 10. The zero-order valence-corrected chi connectivity index (χ0v) is 34.5. The fourth-order valence-corrected chi connectivity index (χ4v) is 11.5. The zero-order chi connectivity index (χ0) is 38.6. The quantitative estimate of drug-likeness (QED) is 0.170. The lowest BCUT2D eigenvalue weighted by atomic mass is 9.81. The maximum Gasteiger partial charge on any atom is 0.174 e. The number of benzene rings is 2. The van der Waals surface area contributed by atoms with Crippen LogP contribution in [0.3, 0.4) is 0 Å². The van der Waals surface area contributed by atoms with Crippen molar-refractivity contribution in [3.8, 4) is 22.5 Å². The predicted molar refractivity (Wildman–Crippen MR) is 211 cm³/mol. The van der Waals surface area contributed by atoms with Crippen LogP contribution in [0.25, 0.3) is 22.5 Å². The number of halogens is 4. The first-order chi connectivity index (χ1) is 27.2. The van der Waals surface area contributed by atoms with Gasteiger partial charge in [0.1, 0.15) is 22.9 Å². The number of rotatable bonds is 8. The van der Waals surface area contributed by atoms with Crippen LogP contribution in [0.1, 0.15) is 74.0 Å².